The number of hydrogen-bond acceptors (Lipinski definition) is 12. The molecule has 53 heavy (non-hydrogen) atoms. The highest BCUT2D eigenvalue weighted by molar-refractivity contribution is 7.91. The summed E-state index contributed by atoms with van der Waals surface area (Å²) in [6.07, 6.45) is 2.01. The lowest BCUT2D eigenvalue weighted by atomic mass is 9.94. The number of carboxylic acids is 1. The van der Waals surface area contributed by atoms with E-state index in [1.54, 1.807) is 30.3 Å². The number of carbonyl (C=O) groups excluding carboxylic acids is 3. The maximum Gasteiger partial charge on any atom is 0.335 e. The van der Waals surface area contributed by atoms with Gasteiger partial charge in [0.1, 0.15) is 9.81 Å². The van der Waals surface area contributed by atoms with Crippen LogP contribution in [0.3, 0.4) is 0 Å². The lowest BCUT2D eigenvalue weighted by molar-refractivity contribution is 0.0696. The minimum absolute atomic E-state index is 0.0135. The van der Waals surface area contributed by atoms with Crippen LogP contribution in [-0.4, -0.2) is 66.0 Å². The molecule has 268 valence electrons. The summed E-state index contributed by atoms with van der Waals surface area (Å²) in [5.41, 5.74) is 4.78. The Bertz CT molecular complexity index is 2580. The Hall–Kier alpha value is -6.80. The fraction of sp³-hybridized carbons (Fsp3) is 0. The number of Topliss-reactive ketones (excluding diaryl/α,β-unsaturated/α-hetero) is 2. The molecular weight excluding hydrogens is 733 g/mol. The smallest absolute Gasteiger partial charge is 0.335 e. The van der Waals surface area contributed by atoms with Gasteiger partial charge >= 0.3 is 12.0 Å². The van der Waals surface area contributed by atoms with Crippen molar-refractivity contribution in [3.05, 3.63) is 129 Å². The molecule has 0 spiro atoms. The van der Waals surface area contributed by atoms with Gasteiger partial charge in [-0.25, -0.2) is 9.59 Å². The number of carbonyl (C=O) groups is 4. The van der Waals surface area contributed by atoms with Gasteiger partial charge in [-0.15, -0.1) is 0 Å². The van der Waals surface area contributed by atoms with Gasteiger partial charge in [-0.1, -0.05) is 18.2 Å². The maximum atomic E-state index is 13.3. The van der Waals surface area contributed by atoms with Crippen LogP contribution in [0.2, 0.25) is 0 Å². The monoisotopic (exact) mass is 756 g/mol. The summed E-state index contributed by atoms with van der Waals surface area (Å²) < 4.78 is 68.7. The van der Waals surface area contributed by atoms with Crippen LogP contribution in [-0.2, 0) is 20.2 Å². The number of para-hydroxylation sites is 1. The van der Waals surface area contributed by atoms with E-state index in [-0.39, 0.29) is 44.9 Å². The third-order valence-electron chi connectivity index (χ3n) is 7.63. The summed E-state index contributed by atoms with van der Waals surface area (Å²) in [4.78, 5) is 49.0. The number of allylic oxidation sites excluding steroid dienone is 2. The largest absolute Gasteiger partial charge is 0.478 e. The second-order valence-corrected chi connectivity index (χ2v) is 14.0. The van der Waals surface area contributed by atoms with E-state index < -0.39 is 65.0 Å². The number of hydrazone groups is 2. The van der Waals surface area contributed by atoms with E-state index in [2.05, 4.69) is 31.7 Å². The number of hydrogen-bond donors (Lipinski definition) is 7. The zero-order valence-corrected chi connectivity index (χ0v) is 28.3. The number of amides is 2. The summed E-state index contributed by atoms with van der Waals surface area (Å²) >= 11 is 0. The first kappa shape index (κ1) is 36.0. The van der Waals surface area contributed by atoms with Crippen LogP contribution in [0.15, 0.2) is 111 Å². The Morgan fingerprint density at radius 1 is 0.566 bits per heavy atom. The van der Waals surface area contributed by atoms with Crippen LogP contribution in [0.25, 0.3) is 12.2 Å². The number of benzene rings is 4. The zero-order valence-electron chi connectivity index (χ0n) is 26.6. The number of anilines is 4. The number of ketones is 2. The van der Waals surface area contributed by atoms with Crippen LogP contribution in [0, 0.1) is 0 Å². The van der Waals surface area contributed by atoms with Crippen molar-refractivity contribution in [1.82, 2.24) is 0 Å². The Kier molecular flexibility index (Phi) is 9.56. The number of nitrogens with one attached hydrogen (secondary N) is 4. The van der Waals surface area contributed by atoms with Crippen LogP contribution in [0.1, 0.15) is 42.2 Å². The lowest BCUT2D eigenvalue weighted by Crippen LogP contribution is -2.27. The molecule has 4 aromatic rings. The van der Waals surface area contributed by atoms with Crippen LogP contribution in [0.5, 0.6) is 0 Å². The van der Waals surface area contributed by atoms with Crippen molar-refractivity contribution in [3.8, 4) is 0 Å². The molecule has 0 heterocycles. The number of nitrogens with zero attached hydrogens (tertiary/aromatic N) is 2. The standard InChI is InChI=1S/C34H24N6O11S2/c41-31-25-12-10-23(14-19(25)16-27(52(46,47)48)29(31)39-37-21-4-2-1-3-5-21)35-34(45)36-24-11-13-26-20(15-24)17-28(53(49,50)51)30(32(26)42)40-38-22-8-6-18(7-9-22)33(43)44/h1-17,37-38H,(H,43,44)(H2,35,36,45)(H,46,47,48)(H,49,50,51)/b39-29-,40-30+. The van der Waals surface area contributed by atoms with Crippen molar-refractivity contribution >= 4 is 90.1 Å². The van der Waals surface area contributed by atoms with Crippen molar-refractivity contribution in [2.45, 2.75) is 0 Å². The van der Waals surface area contributed by atoms with Gasteiger partial charge in [0.25, 0.3) is 20.2 Å². The van der Waals surface area contributed by atoms with Crippen molar-refractivity contribution in [3.63, 3.8) is 0 Å². The normalized spacial score (nSPS) is 15.5. The predicted octanol–water partition coefficient (Wildman–Crippen LogP) is 4.82. The molecule has 7 N–H and O–H groups in total. The average Bonchev–Trinajstić information content (AvgIpc) is 3.10. The van der Waals surface area contributed by atoms with Crippen LogP contribution < -0.4 is 21.5 Å². The van der Waals surface area contributed by atoms with E-state index in [0.717, 1.165) is 12.2 Å². The predicted molar refractivity (Wildman–Crippen MR) is 195 cm³/mol. The molecule has 0 atom stereocenters. The molecule has 0 aromatic heterocycles. The molecule has 0 unspecified atom stereocenters. The number of fused-ring (bicyclic) bond motifs is 2. The van der Waals surface area contributed by atoms with E-state index in [0.29, 0.717) is 5.69 Å². The SMILES string of the molecule is O=C(Nc1ccc2c(c1)C=C(S(=O)(=O)O)/C(=N\Nc1ccc(C(=O)O)cc1)C2=O)Nc1ccc2c(c1)C=C(S(=O)(=O)O)/C(=N/Nc1ccccc1)C2=O. The number of aromatic carboxylic acids is 1. The van der Waals surface area contributed by atoms with Crippen LogP contribution in [0.4, 0.5) is 27.5 Å². The van der Waals surface area contributed by atoms with E-state index >= 15 is 0 Å². The molecule has 19 heteroatoms. The first-order valence-electron chi connectivity index (χ1n) is 15.0. The maximum absolute atomic E-state index is 13.3. The molecule has 0 aliphatic heterocycles. The van der Waals surface area contributed by atoms with Gasteiger partial charge in [-0.2, -0.15) is 27.0 Å². The highest BCUT2D eigenvalue weighted by atomic mass is 32.2. The quantitative estimate of drug-likeness (QED) is 0.0893. The molecule has 6 rings (SSSR count). The molecule has 0 radical (unpaired) electrons. The molecule has 2 amide bonds. The zero-order chi connectivity index (χ0) is 38.1. The Balaban J connectivity index is 1.21. The fourth-order valence-electron chi connectivity index (χ4n) is 5.17. The molecule has 0 fully saturated rings. The first-order valence-corrected chi connectivity index (χ1v) is 17.9. The first-order chi connectivity index (χ1) is 25.1. The fourth-order valence-corrected chi connectivity index (χ4v) is 6.49. The van der Waals surface area contributed by atoms with Gasteiger partial charge in [-0.05, 0) is 96.1 Å². The topological polar surface area (TPSA) is 270 Å². The second kappa shape index (κ2) is 14.1. The van der Waals surface area contributed by atoms with Gasteiger partial charge in [0.2, 0.25) is 11.6 Å². The summed E-state index contributed by atoms with van der Waals surface area (Å²) in [6.45, 7) is 0. The third kappa shape index (κ3) is 7.92. The highest BCUT2D eigenvalue weighted by Crippen LogP contribution is 2.30. The van der Waals surface area contributed by atoms with Crippen molar-refractivity contribution in [2.75, 3.05) is 21.5 Å². The van der Waals surface area contributed by atoms with Crippen LogP contribution >= 0.6 is 0 Å². The summed E-state index contributed by atoms with van der Waals surface area (Å²) in [7, 11) is -9.92. The highest BCUT2D eigenvalue weighted by Gasteiger charge is 2.34. The molecule has 4 aromatic carbocycles. The lowest BCUT2D eigenvalue weighted by Gasteiger charge is -2.18. The number of urea groups is 1. The van der Waals surface area contributed by atoms with Gasteiger partial charge in [0.05, 0.1) is 16.9 Å². The Labute approximate surface area is 299 Å². The summed E-state index contributed by atoms with van der Waals surface area (Å²) in [6, 6.07) is 20.6. The molecule has 2 aliphatic carbocycles. The van der Waals surface area contributed by atoms with E-state index in [1.807, 2.05) is 0 Å². The van der Waals surface area contributed by atoms with Crippen molar-refractivity contribution in [2.24, 2.45) is 10.2 Å². The second-order valence-electron chi connectivity index (χ2n) is 11.2. The number of carboxylic acid groups (broad SMARTS) is 1. The van der Waals surface area contributed by atoms with Gasteiger partial charge in [-0.3, -0.25) is 29.5 Å². The number of rotatable bonds is 9. The summed E-state index contributed by atoms with van der Waals surface area (Å²) in [5.74, 6) is -2.87. The minimum atomic E-state index is -4.99. The van der Waals surface area contributed by atoms with E-state index in [1.165, 1.54) is 60.7 Å². The van der Waals surface area contributed by atoms with Crippen molar-refractivity contribution in [1.29, 1.82) is 0 Å². The third-order valence-corrected chi connectivity index (χ3v) is 9.37. The van der Waals surface area contributed by atoms with Gasteiger partial charge in [0, 0.05) is 22.5 Å². The molecule has 17 nitrogen and oxygen atoms in total. The molecule has 0 bridgehead atoms. The van der Waals surface area contributed by atoms with Gasteiger partial charge in [0.15, 0.2) is 11.4 Å². The average molecular weight is 757 g/mol. The molecular formula is C34H24N6O11S2. The Morgan fingerprint density at radius 3 is 1.40 bits per heavy atom. The molecule has 0 saturated carbocycles. The van der Waals surface area contributed by atoms with E-state index in [4.69, 9.17) is 5.11 Å². The summed E-state index contributed by atoms with van der Waals surface area (Å²) in [5, 5.41) is 21.9. The molecule has 2 aliphatic rings. The minimum Gasteiger partial charge on any atom is -0.478 e. The van der Waals surface area contributed by atoms with Crippen molar-refractivity contribution < 1.29 is 50.2 Å². The molecule has 0 saturated heterocycles. The van der Waals surface area contributed by atoms with Gasteiger partial charge < -0.3 is 15.7 Å². The Morgan fingerprint density at radius 2 is 0.981 bits per heavy atom. The van der Waals surface area contributed by atoms with E-state index in [9.17, 15) is 45.1 Å².